The van der Waals surface area contributed by atoms with Crippen molar-refractivity contribution in [1.82, 2.24) is 0 Å². The fourth-order valence-electron chi connectivity index (χ4n) is 1.83. The van der Waals surface area contributed by atoms with Gasteiger partial charge in [-0.3, -0.25) is 0 Å². The van der Waals surface area contributed by atoms with Gasteiger partial charge < -0.3 is 10.2 Å². The van der Waals surface area contributed by atoms with Gasteiger partial charge in [0.05, 0.1) is 0 Å². The van der Waals surface area contributed by atoms with Crippen molar-refractivity contribution in [2.45, 2.75) is 6.42 Å². The summed E-state index contributed by atoms with van der Waals surface area (Å²) in [5, 5.41) is 18.7. The molecule has 0 saturated heterocycles. The van der Waals surface area contributed by atoms with Crippen LogP contribution in [0.3, 0.4) is 0 Å². The summed E-state index contributed by atoms with van der Waals surface area (Å²) in [7, 11) is 0. The van der Waals surface area contributed by atoms with Gasteiger partial charge in [-0.05, 0) is 47.4 Å². The summed E-state index contributed by atoms with van der Waals surface area (Å²) < 4.78 is 0. The zero-order valence-electron chi connectivity index (χ0n) is 9.43. The maximum atomic E-state index is 9.48. The number of phenols is 2. The average molecular weight is 226 g/mol. The van der Waals surface area contributed by atoms with E-state index in [1.54, 1.807) is 30.3 Å². The molecule has 0 aliphatic heterocycles. The van der Waals surface area contributed by atoms with Crippen molar-refractivity contribution in [3.63, 3.8) is 0 Å². The molecular weight excluding hydrogens is 212 g/mol. The largest absolute Gasteiger partial charge is 0.508 e. The standard InChI is InChI=1S/C15H14O2/c1-2-3-12-10-14(17)8-9-15(12)11-4-6-13(16)7-5-11/h2,4-10,16-17H,1,3H2. The summed E-state index contributed by atoms with van der Waals surface area (Å²) in [4.78, 5) is 0. The van der Waals surface area contributed by atoms with Gasteiger partial charge in [0, 0.05) is 0 Å². The lowest BCUT2D eigenvalue weighted by atomic mass is 9.97. The summed E-state index contributed by atoms with van der Waals surface area (Å²) in [5.41, 5.74) is 3.08. The van der Waals surface area contributed by atoms with Crippen LogP contribution in [0.15, 0.2) is 55.1 Å². The van der Waals surface area contributed by atoms with Crippen LogP contribution in [0.4, 0.5) is 0 Å². The highest BCUT2D eigenvalue weighted by Crippen LogP contribution is 2.28. The predicted octanol–water partition coefficient (Wildman–Crippen LogP) is 3.49. The van der Waals surface area contributed by atoms with Crippen LogP contribution in [-0.2, 0) is 6.42 Å². The van der Waals surface area contributed by atoms with Crippen molar-refractivity contribution in [3.8, 4) is 22.6 Å². The molecule has 0 saturated carbocycles. The van der Waals surface area contributed by atoms with Gasteiger partial charge in [0.1, 0.15) is 11.5 Å². The quantitative estimate of drug-likeness (QED) is 0.786. The molecule has 0 aromatic heterocycles. The van der Waals surface area contributed by atoms with E-state index in [4.69, 9.17) is 0 Å². The first-order chi connectivity index (χ1) is 8.20. The molecule has 0 spiro atoms. The second-order valence-electron chi connectivity index (χ2n) is 3.88. The van der Waals surface area contributed by atoms with Crippen molar-refractivity contribution >= 4 is 0 Å². The third kappa shape index (κ3) is 2.48. The molecule has 0 fully saturated rings. The van der Waals surface area contributed by atoms with Crippen LogP contribution in [0.1, 0.15) is 5.56 Å². The first kappa shape index (κ1) is 11.3. The highest BCUT2D eigenvalue weighted by atomic mass is 16.3. The Bertz CT molecular complexity index is 527. The fraction of sp³-hybridized carbons (Fsp3) is 0.0667. The highest BCUT2D eigenvalue weighted by Gasteiger charge is 2.05. The van der Waals surface area contributed by atoms with Gasteiger partial charge in [-0.1, -0.05) is 24.3 Å². The summed E-state index contributed by atoms with van der Waals surface area (Å²) in [6.07, 6.45) is 2.50. The van der Waals surface area contributed by atoms with E-state index in [0.717, 1.165) is 16.7 Å². The summed E-state index contributed by atoms with van der Waals surface area (Å²) in [6, 6.07) is 12.3. The summed E-state index contributed by atoms with van der Waals surface area (Å²) >= 11 is 0. The second kappa shape index (κ2) is 4.74. The van der Waals surface area contributed by atoms with Crippen LogP contribution in [0.5, 0.6) is 11.5 Å². The monoisotopic (exact) mass is 226 g/mol. The van der Waals surface area contributed by atoms with Crippen LogP contribution in [0.2, 0.25) is 0 Å². The van der Waals surface area contributed by atoms with Crippen LogP contribution in [0, 0.1) is 0 Å². The zero-order chi connectivity index (χ0) is 12.3. The third-order valence-corrected chi connectivity index (χ3v) is 2.63. The van der Waals surface area contributed by atoms with Gasteiger partial charge in [0.2, 0.25) is 0 Å². The number of aromatic hydroxyl groups is 2. The Labute approximate surface area is 100 Å². The molecular formula is C15H14O2. The van der Waals surface area contributed by atoms with E-state index in [2.05, 4.69) is 6.58 Å². The molecule has 0 aliphatic rings. The molecule has 0 heterocycles. The number of hydrogen-bond donors (Lipinski definition) is 2. The molecule has 0 radical (unpaired) electrons. The van der Waals surface area contributed by atoms with Crippen LogP contribution >= 0.6 is 0 Å². The van der Waals surface area contributed by atoms with Crippen LogP contribution in [-0.4, -0.2) is 10.2 Å². The Kier molecular flexibility index (Phi) is 3.15. The zero-order valence-corrected chi connectivity index (χ0v) is 9.43. The second-order valence-corrected chi connectivity index (χ2v) is 3.88. The van der Waals surface area contributed by atoms with Gasteiger partial charge in [-0.2, -0.15) is 0 Å². The van der Waals surface area contributed by atoms with Crippen LogP contribution in [0.25, 0.3) is 11.1 Å². The van der Waals surface area contributed by atoms with Crippen molar-refractivity contribution in [1.29, 1.82) is 0 Å². The molecule has 17 heavy (non-hydrogen) atoms. The van der Waals surface area contributed by atoms with E-state index in [0.29, 0.717) is 6.42 Å². The molecule has 2 nitrogen and oxygen atoms in total. The molecule has 2 rings (SSSR count). The van der Waals surface area contributed by atoms with Crippen molar-refractivity contribution in [3.05, 3.63) is 60.7 Å². The first-order valence-electron chi connectivity index (χ1n) is 5.43. The van der Waals surface area contributed by atoms with Crippen molar-refractivity contribution in [2.75, 3.05) is 0 Å². The Morgan fingerprint density at radius 2 is 1.59 bits per heavy atom. The van der Waals surface area contributed by atoms with E-state index >= 15 is 0 Å². The number of benzene rings is 2. The Balaban J connectivity index is 2.50. The topological polar surface area (TPSA) is 40.5 Å². The Hall–Kier alpha value is -2.22. The number of hydrogen-bond acceptors (Lipinski definition) is 2. The molecule has 0 atom stereocenters. The van der Waals surface area contributed by atoms with E-state index < -0.39 is 0 Å². The summed E-state index contributed by atoms with van der Waals surface area (Å²) in [6.45, 7) is 3.71. The third-order valence-electron chi connectivity index (χ3n) is 2.63. The number of allylic oxidation sites excluding steroid dienone is 1. The molecule has 2 N–H and O–H groups in total. The lowest BCUT2D eigenvalue weighted by molar-refractivity contribution is 0.474. The molecule has 0 unspecified atom stereocenters. The minimum absolute atomic E-state index is 0.248. The van der Waals surface area contributed by atoms with Crippen molar-refractivity contribution in [2.24, 2.45) is 0 Å². The lowest BCUT2D eigenvalue weighted by Crippen LogP contribution is -1.87. The van der Waals surface area contributed by atoms with E-state index in [1.165, 1.54) is 0 Å². The predicted molar refractivity (Wildman–Crippen MR) is 69.1 cm³/mol. The molecule has 2 heteroatoms. The lowest BCUT2D eigenvalue weighted by Gasteiger charge is -2.09. The number of phenolic OH excluding ortho intramolecular Hbond substituents is 2. The van der Waals surface area contributed by atoms with Gasteiger partial charge >= 0.3 is 0 Å². The smallest absolute Gasteiger partial charge is 0.115 e. The normalized spacial score (nSPS) is 10.1. The maximum Gasteiger partial charge on any atom is 0.115 e. The minimum Gasteiger partial charge on any atom is -0.508 e. The van der Waals surface area contributed by atoms with Gasteiger partial charge in [-0.25, -0.2) is 0 Å². The highest BCUT2D eigenvalue weighted by molar-refractivity contribution is 5.69. The van der Waals surface area contributed by atoms with E-state index in [1.807, 2.05) is 18.2 Å². The minimum atomic E-state index is 0.248. The maximum absolute atomic E-state index is 9.48. The number of rotatable bonds is 3. The molecule has 2 aromatic carbocycles. The van der Waals surface area contributed by atoms with Gasteiger partial charge in [0.25, 0.3) is 0 Å². The molecule has 86 valence electrons. The van der Waals surface area contributed by atoms with Crippen LogP contribution < -0.4 is 0 Å². The van der Waals surface area contributed by atoms with E-state index in [9.17, 15) is 10.2 Å². The van der Waals surface area contributed by atoms with Gasteiger partial charge in [0.15, 0.2) is 0 Å². The van der Waals surface area contributed by atoms with E-state index in [-0.39, 0.29) is 11.5 Å². The average Bonchev–Trinajstić information content (AvgIpc) is 2.31. The SMILES string of the molecule is C=CCc1cc(O)ccc1-c1ccc(O)cc1. The molecule has 0 bridgehead atoms. The van der Waals surface area contributed by atoms with Gasteiger partial charge in [-0.15, -0.1) is 6.58 Å². The Morgan fingerprint density at radius 1 is 0.941 bits per heavy atom. The molecule has 2 aromatic rings. The molecule has 0 aliphatic carbocycles. The van der Waals surface area contributed by atoms with Crippen molar-refractivity contribution < 1.29 is 10.2 Å². The Morgan fingerprint density at radius 3 is 2.24 bits per heavy atom. The summed E-state index contributed by atoms with van der Waals surface area (Å²) in [5.74, 6) is 0.502. The first-order valence-corrected chi connectivity index (χ1v) is 5.43. The fourth-order valence-corrected chi connectivity index (χ4v) is 1.83. The molecule has 0 amide bonds.